The Morgan fingerprint density at radius 2 is 1.89 bits per heavy atom. The monoisotopic (exact) mass is 373 g/mol. The van der Waals surface area contributed by atoms with Crippen LogP contribution in [0.5, 0.6) is 0 Å². The highest BCUT2D eigenvalue weighted by Crippen LogP contribution is 2.27. The molecule has 1 aliphatic carbocycles. The first-order valence-electron chi connectivity index (χ1n) is 9.50. The van der Waals surface area contributed by atoms with Crippen molar-refractivity contribution in [3.63, 3.8) is 0 Å². The number of ether oxygens (including phenoxy) is 1. The van der Waals surface area contributed by atoms with Gasteiger partial charge in [0.05, 0.1) is 6.61 Å². The standard InChI is InChI=1S/C20H27N3O4/c1-13-11-15(14(2)22(13)9-10-27-3)12-17-18(24)21-20(26)23(19(17)25)16-7-5-4-6-8-16/h11-12,16H,4-10H2,1-3H3,(H,21,24,26). The van der Waals surface area contributed by atoms with Crippen LogP contribution in [0.2, 0.25) is 0 Å². The predicted octanol–water partition coefficient (Wildman–Crippen LogP) is 2.55. The molecule has 1 saturated carbocycles. The van der Waals surface area contributed by atoms with Gasteiger partial charge in [0.2, 0.25) is 0 Å². The number of aryl methyl sites for hydroxylation is 1. The molecule has 0 radical (unpaired) electrons. The molecule has 0 bridgehead atoms. The van der Waals surface area contributed by atoms with E-state index < -0.39 is 17.8 Å². The third-order valence-electron chi connectivity index (χ3n) is 5.50. The van der Waals surface area contributed by atoms with Gasteiger partial charge in [0.15, 0.2) is 0 Å². The number of hydrogen-bond donors (Lipinski definition) is 1. The van der Waals surface area contributed by atoms with Crippen molar-refractivity contribution in [3.8, 4) is 0 Å². The highest BCUT2D eigenvalue weighted by Gasteiger charge is 2.40. The molecule has 7 nitrogen and oxygen atoms in total. The summed E-state index contributed by atoms with van der Waals surface area (Å²) in [6, 6.07) is 1.22. The van der Waals surface area contributed by atoms with Gasteiger partial charge in [-0.2, -0.15) is 0 Å². The second kappa shape index (κ2) is 8.08. The van der Waals surface area contributed by atoms with Crippen LogP contribution in [0, 0.1) is 13.8 Å². The van der Waals surface area contributed by atoms with Crippen molar-refractivity contribution in [2.45, 2.75) is 58.5 Å². The smallest absolute Gasteiger partial charge is 0.331 e. The maximum Gasteiger partial charge on any atom is 0.331 e. The molecule has 1 aliphatic heterocycles. The van der Waals surface area contributed by atoms with Gasteiger partial charge in [-0.05, 0) is 44.4 Å². The zero-order chi connectivity index (χ0) is 19.6. The summed E-state index contributed by atoms with van der Waals surface area (Å²) in [5, 5.41) is 2.33. The van der Waals surface area contributed by atoms with Crippen molar-refractivity contribution in [1.82, 2.24) is 14.8 Å². The molecule has 0 spiro atoms. The van der Waals surface area contributed by atoms with E-state index in [0.29, 0.717) is 13.2 Å². The minimum atomic E-state index is -0.626. The minimum absolute atomic E-state index is 0.0205. The Bertz CT molecular complexity index is 787. The van der Waals surface area contributed by atoms with Gasteiger partial charge in [-0.15, -0.1) is 0 Å². The van der Waals surface area contributed by atoms with Gasteiger partial charge >= 0.3 is 6.03 Å². The van der Waals surface area contributed by atoms with Crippen LogP contribution in [0.1, 0.15) is 49.1 Å². The number of methoxy groups -OCH3 is 1. The Morgan fingerprint density at radius 1 is 1.19 bits per heavy atom. The molecular formula is C20H27N3O4. The van der Waals surface area contributed by atoms with Crippen molar-refractivity contribution in [2.75, 3.05) is 13.7 Å². The van der Waals surface area contributed by atoms with Crippen LogP contribution in [-0.4, -0.2) is 47.1 Å². The fourth-order valence-electron chi connectivity index (χ4n) is 4.00. The fourth-order valence-corrected chi connectivity index (χ4v) is 4.00. The summed E-state index contributed by atoms with van der Waals surface area (Å²) < 4.78 is 7.23. The van der Waals surface area contributed by atoms with Crippen LogP contribution in [0.3, 0.4) is 0 Å². The molecule has 27 heavy (non-hydrogen) atoms. The van der Waals surface area contributed by atoms with Crippen LogP contribution in [-0.2, 0) is 20.9 Å². The summed E-state index contributed by atoms with van der Waals surface area (Å²) in [6.07, 6.45) is 6.31. The Balaban J connectivity index is 1.91. The molecule has 146 valence electrons. The average molecular weight is 373 g/mol. The number of nitrogens with one attached hydrogen (secondary N) is 1. The Hall–Kier alpha value is -2.41. The SMILES string of the molecule is COCCn1c(C)cc(C=C2C(=O)NC(=O)N(C3CCCCC3)C2=O)c1C. The van der Waals surface area contributed by atoms with Crippen molar-refractivity contribution in [2.24, 2.45) is 0 Å². The van der Waals surface area contributed by atoms with Gasteiger partial charge < -0.3 is 9.30 Å². The highest BCUT2D eigenvalue weighted by molar-refractivity contribution is 6.31. The number of rotatable bonds is 5. The van der Waals surface area contributed by atoms with Crippen LogP contribution < -0.4 is 5.32 Å². The summed E-state index contributed by atoms with van der Waals surface area (Å²) in [5.74, 6) is -1.11. The molecule has 1 aromatic rings. The molecular weight excluding hydrogens is 346 g/mol. The van der Waals surface area contributed by atoms with E-state index >= 15 is 0 Å². The third kappa shape index (κ3) is 3.83. The predicted molar refractivity (Wildman–Crippen MR) is 101 cm³/mol. The van der Waals surface area contributed by atoms with Gasteiger partial charge in [-0.25, -0.2) is 4.79 Å². The molecule has 1 saturated heterocycles. The Labute approximate surface area is 159 Å². The molecule has 2 heterocycles. The third-order valence-corrected chi connectivity index (χ3v) is 5.50. The summed E-state index contributed by atoms with van der Waals surface area (Å²) in [6.45, 7) is 5.20. The van der Waals surface area contributed by atoms with E-state index in [-0.39, 0.29) is 11.6 Å². The first-order chi connectivity index (χ1) is 12.9. The van der Waals surface area contributed by atoms with Gasteiger partial charge in [0.1, 0.15) is 5.57 Å². The lowest BCUT2D eigenvalue weighted by Gasteiger charge is -2.35. The van der Waals surface area contributed by atoms with Crippen LogP contribution in [0.15, 0.2) is 11.6 Å². The lowest BCUT2D eigenvalue weighted by atomic mass is 9.93. The van der Waals surface area contributed by atoms with Gasteiger partial charge in [0.25, 0.3) is 11.8 Å². The molecule has 7 heteroatoms. The number of aromatic nitrogens is 1. The van der Waals surface area contributed by atoms with Crippen LogP contribution in [0.25, 0.3) is 6.08 Å². The minimum Gasteiger partial charge on any atom is -0.383 e. The molecule has 2 fully saturated rings. The molecule has 0 unspecified atom stereocenters. The normalized spacial score (nSPS) is 20.5. The number of imide groups is 2. The summed E-state index contributed by atoms with van der Waals surface area (Å²) >= 11 is 0. The molecule has 1 aromatic heterocycles. The van der Waals surface area contributed by atoms with Crippen molar-refractivity contribution >= 4 is 23.9 Å². The largest absolute Gasteiger partial charge is 0.383 e. The molecule has 2 aliphatic rings. The molecule has 0 aromatic carbocycles. The molecule has 0 atom stereocenters. The number of hydrogen-bond acceptors (Lipinski definition) is 4. The van der Waals surface area contributed by atoms with Crippen LogP contribution >= 0.6 is 0 Å². The Kier molecular flexibility index (Phi) is 5.79. The first-order valence-corrected chi connectivity index (χ1v) is 9.50. The summed E-state index contributed by atoms with van der Waals surface area (Å²) in [5.41, 5.74) is 2.81. The maximum absolute atomic E-state index is 13.0. The topological polar surface area (TPSA) is 80.6 Å². The van der Waals surface area contributed by atoms with E-state index in [1.807, 2.05) is 19.9 Å². The lowest BCUT2D eigenvalue weighted by Crippen LogP contribution is -2.58. The van der Waals surface area contributed by atoms with Crippen molar-refractivity contribution < 1.29 is 19.1 Å². The average Bonchev–Trinajstić information content (AvgIpc) is 2.91. The summed E-state index contributed by atoms with van der Waals surface area (Å²) in [4.78, 5) is 38.9. The van der Waals surface area contributed by atoms with Gasteiger partial charge in [-0.1, -0.05) is 19.3 Å². The van der Waals surface area contributed by atoms with Gasteiger partial charge in [-0.3, -0.25) is 19.8 Å². The van der Waals surface area contributed by atoms with E-state index in [1.54, 1.807) is 13.2 Å². The molecule has 1 N–H and O–H groups in total. The van der Waals surface area contributed by atoms with E-state index in [4.69, 9.17) is 4.74 Å². The fraction of sp³-hybridized carbons (Fsp3) is 0.550. The maximum atomic E-state index is 13.0. The molecule has 4 amide bonds. The van der Waals surface area contributed by atoms with Crippen molar-refractivity contribution in [3.05, 3.63) is 28.6 Å². The Morgan fingerprint density at radius 3 is 2.56 bits per heavy atom. The second-order valence-corrected chi connectivity index (χ2v) is 7.26. The highest BCUT2D eigenvalue weighted by atomic mass is 16.5. The lowest BCUT2D eigenvalue weighted by molar-refractivity contribution is -0.132. The number of barbiturate groups is 1. The van der Waals surface area contributed by atoms with Gasteiger partial charge in [0, 0.05) is 31.1 Å². The number of amides is 4. The van der Waals surface area contributed by atoms with E-state index in [0.717, 1.165) is 49.1 Å². The zero-order valence-corrected chi connectivity index (χ0v) is 16.2. The quantitative estimate of drug-likeness (QED) is 0.635. The van der Waals surface area contributed by atoms with Crippen LogP contribution in [0.4, 0.5) is 4.79 Å². The zero-order valence-electron chi connectivity index (χ0n) is 16.2. The number of carbonyl (C=O) groups excluding carboxylic acids is 3. The van der Waals surface area contributed by atoms with E-state index in [9.17, 15) is 14.4 Å². The first kappa shape index (κ1) is 19.4. The summed E-state index contributed by atoms with van der Waals surface area (Å²) in [7, 11) is 1.65. The number of carbonyl (C=O) groups is 3. The second-order valence-electron chi connectivity index (χ2n) is 7.26. The van der Waals surface area contributed by atoms with Crippen molar-refractivity contribution in [1.29, 1.82) is 0 Å². The number of urea groups is 1. The van der Waals surface area contributed by atoms with E-state index in [2.05, 4.69) is 9.88 Å². The van der Waals surface area contributed by atoms with E-state index in [1.165, 1.54) is 4.90 Å². The number of nitrogens with zero attached hydrogens (tertiary/aromatic N) is 2. The molecule has 3 rings (SSSR count).